The second kappa shape index (κ2) is 10.3. The number of hydrogen-bond donors (Lipinski definition) is 0. The van der Waals surface area contributed by atoms with Gasteiger partial charge in [-0.2, -0.15) is 0 Å². The van der Waals surface area contributed by atoms with E-state index in [-0.39, 0.29) is 5.91 Å². The second-order valence-electron chi connectivity index (χ2n) is 10.1. The molecule has 1 atom stereocenters. The third-order valence-electron chi connectivity index (χ3n) is 7.48. The van der Waals surface area contributed by atoms with Crippen LogP contribution < -0.4 is 9.64 Å². The molecule has 2 aliphatic heterocycles. The fourth-order valence-electron chi connectivity index (χ4n) is 5.41. The van der Waals surface area contributed by atoms with Gasteiger partial charge in [0.25, 0.3) is 5.91 Å². The Balaban J connectivity index is 1.55. The minimum absolute atomic E-state index is 0.0450. The first-order chi connectivity index (χ1) is 17.5. The van der Waals surface area contributed by atoms with Gasteiger partial charge in [0.2, 0.25) is 0 Å². The van der Waals surface area contributed by atoms with Gasteiger partial charge in [-0.05, 0) is 73.8 Å². The maximum Gasteiger partial charge on any atom is 0.289 e. The zero-order valence-corrected chi connectivity index (χ0v) is 21.7. The molecule has 0 saturated carbocycles. The smallest absolute Gasteiger partial charge is 0.289 e. The molecule has 5 rings (SSSR count). The first-order valence-corrected chi connectivity index (χ1v) is 12.9. The zero-order valence-electron chi connectivity index (χ0n) is 21.7. The molecule has 36 heavy (non-hydrogen) atoms. The van der Waals surface area contributed by atoms with Crippen LogP contribution in [0.4, 0.5) is 5.82 Å². The van der Waals surface area contributed by atoms with Gasteiger partial charge in [-0.15, -0.1) is 0 Å². The van der Waals surface area contributed by atoms with E-state index in [4.69, 9.17) is 14.1 Å². The summed E-state index contributed by atoms with van der Waals surface area (Å²) in [7, 11) is 3.93. The van der Waals surface area contributed by atoms with Crippen molar-refractivity contribution in [1.29, 1.82) is 0 Å². The molecule has 190 valence electrons. The standard InChI is InChI=1S/C29H36N4O3/c1-20(2)24-19-23(21-8-5-9-22(18-21)35-4)27(25-10-6-12-31(25)3)28(30-24)32-13-15-33(16-14-32)29(34)26-11-7-17-36-26/h5,7-9,11,17-20,25H,6,10,12-16H2,1-4H3. The summed E-state index contributed by atoms with van der Waals surface area (Å²) in [5, 5.41) is 0. The van der Waals surface area contributed by atoms with Crippen LogP contribution >= 0.6 is 0 Å². The number of furan rings is 1. The summed E-state index contributed by atoms with van der Waals surface area (Å²) in [6, 6.07) is 14.4. The predicted octanol–water partition coefficient (Wildman–Crippen LogP) is 5.20. The molecule has 0 radical (unpaired) electrons. The predicted molar refractivity (Wildman–Crippen MR) is 142 cm³/mol. The highest BCUT2D eigenvalue weighted by Crippen LogP contribution is 2.43. The van der Waals surface area contributed by atoms with Crippen molar-refractivity contribution in [3.63, 3.8) is 0 Å². The van der Waals surface area contributed by atoms with Crippen LogP contribution in [0.2, 0.25) is 0 Å². The van der Waals surface area contributed by atoms with Gasteiger partial charge in [-0.3, -0.25) is 9.69 Å². The number of ether oxygens (including phenoxy) is 1. The molecule has 4 heterocycles. The number of piperazine rings is 1. The highest BCUT2D eigenvalue weighted by molar-refractivity contribution is 5.91. The molecule has 0 bridgehead atoms. The number of anilines is 1. The Morgan fingerprint density at radius 1 is 1.08 bits per heavy atom. The number of methoxy groups -OCH3 is 1. The lowest BCUT2D eigenvalue weighted by Crippen LogP contribution is -2.49. The molecule has 2 fully saturated rings. The van der Waals surface area contributed by atoms with Crippen LogP contribution in [-0.4, -0.2) is 67.6 Å². The molecule has 7 nitrogen and oxygen atoms in total. The van der Waals surface area contributed by atoms with Gasteiger partial charge in [0, 0.05) is 43.5 Å². The number of pyridine rings is 1. The Bertz CT molecular complexity index is 1200. The Hall–Kier alpha value is -3.32. The molecular weight excluding hydrogens is 452 g/mol. The van der Waals surface area contributed by atoms with Crippen molar-refractivity contribution in [2.75, 3.05) is 51.8 Å². The molecule has 2 aromatic heterocycles. The van der Waals surface area contributed by atoms with Crippen LogP contribution in [0.3, 0.4) is 0 Å². The quantitative estimate of drug-likeness (QED) is 0.475. The minimum atomic E-state index is -0.0450. The number of hydrogen-bond acceptors (Lipinski definition) is 6. The third-order valence-corrected chi connectivity index (χ3v) is 7.48. The molecule has 0 N–H and O–H groups in total. The number of nitrogens with zero attached hydrogens (tertiary/aromatic N) is 4. The lowest BCUT2D eigenvalue weighted by Gasteiger charge is -2.38. The molecule has 2 aliphatic rings. The molecule has 1 amide bonds. The lowest BCUT2D eigenvalue weighted by molar-refractivity contribution is 0.0714. The van der Waals surface area contributed by atoms with Gasteiger partial charge in [0.15, 0.2) is 5.76 Å². The number of likely N-dealkylation sites (tertiary alicyclic amines) is 1. The number of aromatic nitrogens is 1. The van der Waals surface area contributed by atoms with E-state index in [1.807, 2.05) is 11.0 Å². The van der Waals surface area contributed by atoms with E-state index in [1.165, 1.54) is 17.5 Å². The van der Waals surface area contributed by atoms with Gasteiger partial charge >= 0.3 is 0 Å². The van der Waals surface area contributed by atoms with Gasteiger partial charge in [0.05, 0.1) is 13.4 Å². The summed E-state index contributed by atoms with van der Waals surface area (Å²) in [5.41, 5.74) is 4.76. The summed E-state index contributed by atoms with van der Waals surface area (Å²) in [4.78, 5) is 24.8. The summed E-state index contributed by atoms with van der Waals surface area (Å²) in [6.07, 6.45) is 3.84. The van der Waals surface area contributed by atoms with Crippen molar-refractivity contribution in [1.82, 2.24) is 14.8 Å². The molecule has 2 saturated heterocycles. The summed E-state index contributed by atoms with van der Waals surface area (Å²) < 4.78 is 10.9. The van der Waals surface area contributed by atoms with E-state index in [0.29, 0.717) is 30.8 Å². The van der Waals surface area contributed by atoms with Gasteiger partial charge < -0.3 is 19.0 Å². The zero-order chi connectivity index (χ0) is 25.2. The topological polar surface area (TPSA) is 62.1 Å². The summed E-state index contributed by atoms with van der Waals surface area (Å²) in [5.74, 6) is 2.56. The minimum Gasteiger partial charge on any atom is -0.497 e. The Morgan fingerprint density at radius 3 is 2.53 bits per heavy atom. The van der Waals surface area contributed by atoms with Gasteiger partial charge in [-0.25, -0.2) is 4.98 Å². The number of benzene rings is 1. The second-order valence-corrected chi connectivity index (χ2v) is 10.1. The largest absolute Gasteiger partial charge is 0.497 e. The molecule has 7 heteroatoms. The molecule has 1 unspecified atom stereocenters. The van der Waals surface area contributed by atoms with Crippen molar-refractivity contribution in [2.45, 2.75) is 38.6 Å². The van der Waals surface area contributed by atoms with Crippen LogP contribution in [0.25, 0.3) is 11.1 Å². The summed E-state index contributed by atoms with van der Waals surface area (Å²) >= 11 is 0. The van der Waals surface area contributed by atoms with E-state index >= 15 is 0 Å². The maximum absolute atomic E-state index is 12.8. The Morgan fingerprint density at radius 2 is 1.89 bits per heavy atom. The normalized spacial score (nSPS) is 18.8. The monoisotopic (exact) mass is 488 g/mol. The SMILES string of the molecule is COc1cccc(-c2cc(C(C)C)nc(N3CCN(C(=O)c4ccco4)CC3)c2C2CCCN2C)c1. The van der Waals surface area contributed by atoms with Crippen molar-refractivity contribution < 1.29 is 13.9 Å². The first kappa shape index (κ1) is 24.4. The van der Waals surface area contributed by atoms with E-state index in [9.17, 15) is 4.79 Å². The molecule has 0 spiro atoms. The molecule has 1 aromatic carbocycles. The number of rotatable bonds is 6. The first-order valence-electron chi connectivity index (χ1n) is 12.9. The molecule has 3 aromatic rings. The number of amides is 1. The van der Waals surface area contributed by atoms with Crippen molar-refractivity contribution in [3.8, 4) is 16.9 Å². The van der Waals surface area contributed by atoms with E-state index in [2.05, 4.69) is 55.0 Å². The molecule has 0 aliphatic carbocycles. The van der Waals surface area contributed by atoms with Crippen molar-refractivity contribution in [3.05, 3.63) is 65.7 Å². The van der Waals surface area contributed by atoms with E-state index in [1.54, 1.807) is 25.5 Å². The highest BCUT2D eigenvalue weighted by Gasteiger charge is 2.33. The van der Waals surface area contributed by atoms with Crippen LogP contribution in [0.1, 0.15) is 60.5 Å². The fraction of sp³-hybridized carbons (Fsp3) is 0.448. The number of carbonyl (C=O) groups is 1. The van der Waals surface area contributed by atoms with Crippen LogP contribution in [-0.2, 0) is 0 Å². The van der Waals surface area contributed by atoms with E-state index in [0.717, 1.165) is 48.9 Å². The lowest BCUT2D eigenvalue weighted by atomic mass is 9.91. The van der Waals surface area contributed by atoms with E-state index < -0.39 is 0 Å². The van der Waals surface area contributed by atoms with Crippen LogP contribution in [0.5, 0.6) is 5.75 Å². The van der Waals surface area contributed by atoms with Crippen LogP contribution in [0, 0.1) is 0 Å². The van der Waals surface area contributed by atoms with Crippen molar-refractivity contribution in [2.24, 2.45) is 0 Å². The molecular formula is C29H36N4O3. The third kappa shape index (κ3) is 4.72. The van der Waals surface area contributed by atoms with Crippen molar-refractivity contribution >= 4 is 11.7 Å². The fourth-order valence-corrected chi connectivity index (χ4v) is 5.41. The number of carbonyl (C=O) groups excluding carboxylic acids is 1. The maximum atomic E-state index is 12.8. The summed E-state index contributed by atoms with van der Waals surface area (Å²) in [6.45, 7) is 8.23. The average Bonchev–Trinajstić information content (AvgIpc) is 3.60. The van der Waals surface area contributed by atoms with Crippen LogP contribution in [0.15, 0.2) is 53.1 Å². The highest BCUT2D eigenvalue weighted by atomic mass is 16.5. The van der Waals surface area contributed by atoms with Gasteiger partial charge in [0.1, 0.15) is 11.6 Å². The van der Waals surface area contributed by atoms with Gasteiger partial charge in [-0.1, -0.05) is 26.0 Å². The average molecular weight is 489 g/mol. The Labute approximate surface area is 213 Å². The Kier molecular flexibility index (Phi) is 7.01.